The number of pyridine rings is 1. The fourth-order valence-electron chi connectivity index (χ4n) is 1.59. The molecule has 0 saturated carbocycles. The van der Waals surface area contributed by atoms with Gasteiger partial charge in [0, 0.05) is 33.7 Å². The number of benzene rings is 1. The molecule has 0 spiro atoms. The maximum Gasteiger partial charge on any atom is 0.133 e. The molecule has 3 N–H and O–H groups in total. The van der Waals surface area contributed by atoms with Gasteiger partial charge >= 0.3 is 0 Å². The molecule has 15 heavy (non-hydrogen) atoms. The highest BCUT2D eigenvalue weighted by Crippen LogP contribution is 2.29. The predicted molar refractivity (Wildman–Crippen MR) is 68.0 cm³/mol. The molecule has 1 aromatic heterocycles. The van der Waals surface area contributed by atoms with E-state index >= 15 is 0 Å². The van der Waals surface area contributed by atoms with E-state index in [9.17, 15) is 0 Å². The standard InChI is InChI=1S/C11H12BrN3/c1-2-14-11-9-5-7(12)6-10(13)8(9)3-4-15-11/h3-6H,2,13H2,1H3,(H,14,15). The topological polar surface area (TPSA) is 50.9 Å². The van der Waals surface area contributed by atoms with Gasteiger partial charge in [-0.2, -0.15) is 0 Å². The van der Waals surface area contributed by atoms with Gasteiger partial charge in [0.05, 0.1) is 0 Å². The molecule has 0 atom stereocenters. The van der Waals surface area contributed by atoms with E-state index in [0.717, 1.165) is 33.3 Å². The predicted octanol–water partition coefficient (Wildman–Crippen LogP) is 3.01. The number of nitrogens with two attached hydrogens (primary N) is 1. The van der Waals surface area contributed by atoms with Crippen molar-refractivity contribution in [3.8, 4) is 0 Å². The second-order valence-corrected chi connectivity index (χ2v) is 4.20. The first kappa shape index (κ1) is 10.2. The highest BCUT2D eigenvalue weighted by Gasteiger charge is 2.05. The zero-order valence-electron chi connectivity index (χ0n) is 8.42. The SMILES string of the molecule is CCNc1nccc2c(N)cc(Br)cc12. The average Bonchev–Trinajstić information content (AvgIpc) is 2.19. The van der Waals surface area contributed by atoms with Crippen LogP contribution in [0.2, 0.25) is 0 Å². The fraction of sp³-hybridized carbons (Fsp3) is 0.182. The summed E-state index contributed by atoms with van der Waals surface area (Å²) < 4.78 is 0.972. The summed E-state index contributed by atoms with van der Waals surface area (Å²) in [7, 11) is 0. The highest BCUT2D eigenvalue weighted by atomic mass is 79.9. The molecule has 0 aliphatic heterocycles. The number of halogens is 1. The Balaban J connectivity index is 2.73. The van der Waals surface area contributed by atoms with Crippen molar-refractivity contribution in [3.05, 3.63) is 28.9 Å². The van der Waals surface area contributed by atoms with E-state index in [-0.39, 0.29) is 0 Å². The summed E-state index contributed by atoms with van der Waals surface area (Å²) in [6, 6.07) is 5.85. The summed E-state index contributed by atoms with van der Waals surface area (Å²) in [5, 5.41) is 5.30. The molecular formula is C11H12BrN3. The van der Waals surface area contributed by atoms with Crippen LogP contribution in [0.15, 0.2) is 28.9 Å². The molecule has 3 nitrogen and oxygen atoms in total. The minimum atomic E-state index is 0.765. The average molecular weight is 266 g/mol. The number of anilines is 2. The van der Waals surface area contributed by atoms with Gasteiger partial charge in [-0.15, -0.1) is 0 Å². The van der Waals surface area contributed by atoms with Crippen LogP contribution in [0.5, 0.6) is 0 Å². The quantitative estimate of drug-likeness (QED) is 0.821. The Hall–Kier alpha value is -1.29. The summed E-state index contributed by atoms with van der Waals surface area (Å²) in [5.74, 6) is 0.878. The molecule has 78 valence electrons. The number of aromatic nitrogens is 1. The smallest absolute Gasteiger partial charge is 0.133 e. The van der Waals surface area contributed by atoms with E-state index in [1.54, 1.807) is 6.20 Å². The van der Waals surface area contributed by atoms with Gasteiger partial charge in [0.2, 0.25) is 0 Å². The van der Waals surface area contributed by atoms with Crippen molar-refractivity contribution < 1.29 is 0 Å². The Morgan fingerprint density at radius 3 is 2.93 bits per heavy atom. The minimum Gasteiger partial charge on any atom is -0.398 e. The zero-order valence-corrected chi connectivity index (χ0v) is 10.0. The van der Waals surface area contributed by atoms with Crippen LogP contribution in [-0.2, 0) is 0 Å². The molecule has 0 saturated heterocycles. The molecule has 0 aliphatic rings. The third-order valence-electron chi connectivity index (χ3n) is 2.22. The molecule has 0 aliphatic carbocycles. The third kappa shape index (κ3) is 1.90. The Labute approximate surface area is 96.8 Å². The molecule has 0 amide bonds. The fourth-order valence-corrected chi connectivity index (χ4v) is 2.06. The number of hydrogen-bond acceptors (Lipinski definition) is 3. The molecule has 0 unspecified atom stereocenters. The Kier molecular flexibility index (Phi) is 2.77. The summed E-state index contributed by atoms with van der Waals surface area (Å²) in [6.45, 7) is 2.89. The van der Waals surface area contributed by atoms with Crippen molar-refractivity contribution in [3.63, 3.8) is 0 Å². The number of rotatable bonds is 2. The molecule has 0 radical (unpaired) electrons. The maximum absolute atomic E-state index is 5.94. The van der Waals surface area contributed by atoms with Crippen LogP contribution >= 0.6 is 15.9 Å². The first-order chi connectivity index (χ1) is 7.22. The van der Waals surface area contributed by atoms with Crippen molar-refractivity contribution in [1.82, 2.24) is 4.98 Å². The van der Waals surface area contributed by atoms with Crippen molar-refractivity contribution in [2.24, 2.45) is 0 Å². The number of nitrogen functional groups attached to an aromatic ring is 1. The van der Waals surface area contributed by atoms with Gasteiger partial charge in [0.1, 0.15) is 5.82 Å². The number of nitrogens with one attached hydrogen (secondary N) is 1. The van der Waals surface area contributed by atoms with Crippen molar-refractivity contribution in [1.29, 1.82) is 0 Å². The van der Waals surface area contributed by atoms with Gasteiger partial charge in [0.15, 0.2) is 0 Å². The molecule has 2 rings (SSSR count). The van der Waals surface area contributed by atoms with Gasteiger partial charge in [-0.05, 0) is 25.1 Å². The van der Waals surface area contributed by atoms with Crippen molar-refractivity contribution >= 4 is 38.2 Å². The third-order valence-corrected chi connectivity index (χ3v) is 2.68. The molecule has 4 heteroatoms. The van der Waals surface area contributed by atoms with E-state index in [1.807, 2.05) is 25.1 Å². The van der Waals surface area contributed by atoms with Crippen LogP contribution in [0.4, 0.5) is 11.5 Å². The Morgan fingerprint density at radius 1 is 1.40 bits per heavy atom. The number of hydrogen-bond donors (Lipinski definition) is 2. The number of nitrogens with zero attached hydrogens (tertiary/aromatic N) is 1. The minimum absolute atomic E-state index is 0.765. The monoisotopic (exact) mass is 265 g/mol. The van der Waals surface area contributed by atoms with E-state index in [4.69, 9.17) is 5.73 Å². The molecule has 2 aromatic rings. The van der Waals surface area contributed by atoms with Gasteiger partial charge < -0.3 is 11.1 Å². The van der Waals surface area contributed by atoms with Crippen LogP contribution in [-0.4, -0.2) is 11.5 Å². The Morgan fingerprint density at radius 2 is 2.20 bits per heavy atom. The molecule has 1 heterocycles. The van der Waals surface area contributed by atoms with Gasteiger partial charge in [-0.1, -0.05) is 15.9 Å². The van der Waals surface area contributed by atoms with Gasteiger partial charge in [-0.3, -0.25) is 0 Å². The number of fused-ring (bicyclic) bond motifs is 1. The van der Waals surface area contributed by atoms with Crippen LogP contribution in [0, 0.1) is 0 Å². The normalized spacial score (nSPS) is 10.5. The lowest BCUT2D eigenvalue weighted by molar-refractivity contribution is 1.17. The Bertz CT molecular complexity index is 496. The molecule has 0 bridgehead atoms. The maximum atomic E-state index is 5.94. The highest BCUT2D eigenvalue weighted by molar-refractivity contribution is 9.10. The van der Waals surface area contributed by atoms with Crippen LogP contribution in [0.3, 0.4) is 0 Å². The summed E-state index contributed by atoms with van der Waals surface area (Å²) in [5.41, 5.74) is 6.70. The summed E-state index contributed by atoms with van der Waals surface area (Å²) in [4.78, 5) is 4.29. The molecular weight excluding hydrogens is 254 g/mol. The zero-order chi connectivity index (χ0) is 10.8. The van der Waals surface area contributed by atoms with Crippen LogP contribution in [0.1, 0.15) is 6.92 Å². The lowest BCUT2D eigenvalue weighted by Crippen LogP contribution is -2.00. The van der Waals surface area contributed by atoms with E-state index in [2.05, 4.69) is 26.2 Å². The molecule has 1 aromatic carbocycles. The first-order valence-electron chi connectivity index (χ1n) is 4.80. The second-order valence-electron chi connectivity index (χ2n) is 3.28. The lowest BCUT2D eigenvalue weighted by Gasteiger charge is -2.08. The van der Waals surface area contributed by atoms with E-state index < -0.39 is 0 Å². The van der Waals surface area contributed by atoms with Crippen molar-refractivity contribution in [2.45, 2.75) is 6.92 Å². The molecule has 0 fully saturated rings. The van der Waals surface area contributed by atoms with Gasteiger partial charge in [0.25, 0.3) is 0 Å². The van der Waals surface area contributed by atoms with Crippen molar-refractivity contribution in [2.75, 3.05) is 17.6 Å². The lowest BCUT2D eigenvalue weighted by atomic mass is 10.1. The van der Waals surface area contributed by atoms with Crippen LogP contribution < -0.4 is 11.1 Å². The van der Waals surface area contributed by atoms with E-state index in [1.165, 1.54) is 0 Å². The second kappa shape index (κ2) is 4.06. The van der Waals surface area contributed by atoms with Crippen LogP contribution in [0.25, 0.3) is 10.8 Å². The summed E-state index contributed by atoms with van der Waals surface area (Å²) >= 11 is 3.43. The summed E-state index contributed by atoms with van der Waals surface area (Å²) in [6.07, 6.45) is 1.77. The largest absolute Gasteiger partial charge is 0.398 e. The van der Waals surface area contributed by atoms with E-state index in [0.29, 0.717) is 0 Å². The first-order valence-corrected chi connectivity index (χ1v) is 5.59. The van der Waals surface area contributed by atoms with Gasteiger partial charge in [-0.25, -0.2) is 4.98 Å².